The second-order valence-electron chi connectivity index (χ2n) is 7.67. The van der Waals surface area contributed by atoms with Crippen LogP contribution in [0, 0.1) is 11.7 Å². The van der Waals surface area contributed by atoms with Crippen LogP contribution in [-0.2, 0) is 17.4 Å². The summed E-state index contributed by atoms with van der Waals surface area (Å²) in [6, 6.07) is 12.5. The molecule has 0 radical (unpaired) electrons. The summed E-state index contributed by atoms with van der Waals surface area (Å²) >= 11 is 5.97. The number of benzene rings is 3. The first-order valence-corrected chi connectivity index (χ1v) is 10.5. The zero-order valence-corrected chi connectivity index (χ0v) is 18.1. The van der Waals surface area contributed by atoms with E-state index in [0.29, 0.717) is 16.3 Å². The SMILES string of the molecule is O=C(Nc1ccc(NC(=O)C2COc3ccc(Cl)cc3C2)c(C(F)(F)F)c1)c1ccc(F)cc1. The Morgan fingerprint density at radius 1 is 0.971 bits per heavy atom. The highest BCUT2D eigenvalue weighted by atomic mass is 35.5. The number of carbonyl (C=O) groups excluding carboxylic acids is 2. The molecule has 1 atom stereocenters. The van der Waals surface area contributed by atoms with Crippen molar-refractivity contribution >= 4 is 34.8 Å². The van der Waals surface area contributed by atoms with E-state index in [9.17, 15) is 27.2 Å². The molecule has 0 aromatic heterocycles. The average Bonchev–Trinajstić information content (AvgIpc) is 2.79. The largest absolute Gasteiger partial charge is 0.492 e. The first-order chi connectivity index (χ1) is 16.1. The average molecular weight is 493 g/mol. The lowest BCUT2D eigenvalue weighted by Crippen LogP contribution is -2.33. The monoisotopic (exact) mass is 492 g/mol. The van der Waals surface area contributed by atoms with Crippen molar-refractivity contribution < 1.29 is 31.9 Å². The van der Waals surface area contributed by atoms with Gasteiger partial charge in [-0.1, -0.05) is 11.6 Å². The lowest BCUT2D eigenvalue weighted by molar-refractivity contribution is -0.137. The second kappa shape index (κ2) is 9.34. The summed E-state index contributed by atoms with van der Waals surface area (Å²) in [6.07, 6.45) is -4.54. The molecule has 3 aromatic rings. The van der Waals surface area contributed by atoms with Gasteiger partial charge in [0.2, 0.25) is 5.91 Å². The molecule has 2 amide bonds. The second-order valence-corrected chi connectivity index (χ2v) is 8.11. The summed E-state index contributed by atoms with van der Waals surface area (Å²) in [7, 11) is 0. The first kappa shape index (κ1) is 23.6. The third-order valence-electron chi connectivity index (χ3n) is 5.25. The fraction of sp³-hybridized carbons (Fsp3) is 0.167. The standard InChI is InChI=1S/C24H17ClF4N2O3/c25-16-3-8-21-14(10-16)9-15(12-34-21)23(33)31-20-7-6-18(11-19(20)24(27,28)29)30-22(32)13-1-4-17(26)5-2-13/h1-8,10-11,15H,9,12H2,(H,30,32)(H,31,33). The number of hydrogen-bond donors (Lipinski definition) is 2. The molecule has 4 rings (SSSR count). The van der Waals surface area contributed by atoms with Crippen molar-refractivity contribution in [3.8, 4) is 5.75 Å². The van der Waals surface area contributed by atoms with Crippen LogP contribution in [0.5, 0.6) is 5.75 Å². The zero-order chi connectivity index (χ0) is 24.5. The quantitative estimate of drug-likeness (QED) is 0.443. The minimum Gasteiger partial charge on any atom is -0.492 e. The maximum Gasteiger partial charge on any atom is 0.418 e. The van der Waals surface area contributed by atoms with Crippen LogP contribution < -0.4 is 15.4 Å². The van der Waals surface area contributed by atoms with E-state index in [2.05, 4.69) is 10.6 Å². The molecule has 1 aliphatic rings. The molecule has 0 bridgehead atoms. The number of fused-ring (bicyclic) bond motifs is 1. The molecule has 3 aromatic carbocycles. The number of carbonyl (C=O) groups is 2. The Balaban J connectivity index is 1.52. The van der Waals surface area contributed by atoms with Crippen LogP contribution in [0.15, 0.2) is 60.7 Å². The number of nitrogens with one attached hydrogen (secondary N) is 2. The smallest absolute Gasteiger partial charge is 0.418 e. The lowest BCUT2D eigenvalue weighted by atomic mass is 9.95. The molecule has 0 fully saturated rings. The Kier molecular flexibility index (Phi) is 6.47. The molecule has 0 aliphatic carbocycles. The molecule has 2 N–H and O–H groups in total. The van der Waals surface area contributed by atoms with Gasteiger partial charge in [0.25, 0.3) is 5.91 Å². The van der Waals surface area contributed by atoms with Crippen molar-refractivity contribution in [3.63, 3.8) is 0 Å². The highest BCUT2D eigenvalue weighted by Gasteiger charge is 2.35. The van der Waals surface area contributed by atoms with Crippen molar-refractivity contribution in [1.82, 2.24) is 0 Å². The molecule has 1 unspecified atom stereocenters. The fourth-order valence-electron chi connectivity index (χ4n) is 3.54. The Labute approximate surface area is 196 Å². The van der Waals surface area contributed by atoms with E-state index in [1.807, 2.05) is 0 Å². The van der Waals surface area contributed by atoms with E-state index in [1.165, 1.54) is 18.2 Å². The molecule has 176 valence electrons. The molecule has 1 aliphatic heterocycles. The van der Waals surface area contributed by atoms with Crippen molar-refractivity contribution in [2.75, 3.05) is 17.2 Å². The van der Waals surface area contributed by atoms with Crippen LogP contribution in [0.25, 0.3) is 0 Å². The van der Waals surface area contributed by atoms with Gasteiger partial charge in [-0.25, -0.2) is 4.39 Å². The van der Waals surface area contributed by atoms with Gasteiger partial charge in [-0.05, 0) is 72.6 Å². The lowest BCUT2D eigenvalue weighted by Gasteiger charge is -2.25. The third-order valence-corrected chi connectivity index (χ3v) is 5.48. The van der Waals surface area contributed by atoms with E-state index in [4.69, 9.17) is 16.3 Å². The highest BCUT2D eigenvalue weighted by Crippen LogP contribution is 2.37. The minimum atomic E-state index is -4.80. The summed E-state index contributed by atoms with van der Waals surface area (Å²) in [5.41, 5.74) is -0.949. The van der Waals surface area contributed by atoms with E-state index < -0.39 is 41.0 Å². The molecule has 0 spiro atoms. The van der Waals surface area contributed by atoms with Crippen LogP contribution in [0.3, 0.4) is 0 Å². The van der Waals surface area contributed by atoms with E-state index in [-0.39, 0.29) is 24.3 Å². The van der Waals surface area contributed by atoms with E-state index in [1.54, 1.807) is 18.2 Å². The van der Waals surface area contributed by atoms with Crippen molar-refractivity contribution in [2.24, 2.45) is 5.92 Å². The molecular formula is C24H17ClF4N2O3. The number of ether oxygens (including phenoxy) is 1. The molecule has 0 saturated heterocycles. The van der Waals surface area contributed by atoms with Gasteiger partial charge in [-0.3, -0.25) is 9.59 Å². The Morgan fingerprint density at radius 3 is 2.41 bits per heavy atom. The van der Waals surface area contributed by atoms with Gasteiger partial charge in [0.05, 0.1) is 17.2 Å². The van der Waals surface area contributed by atoms with Crippen molar-refractivity contribution in [3.05, 3.63) is 88.2 Å². The summed E-state index contributed by atoms with van der Waals surface area (Å²) in [5, 5.41) is 5.13. The van der Waals surface area contributed by atoms with Crippen molar-refractivity contribution in [2.45, 2.75) is 12.6 Å². The first-order valence-electron chi connectivity index (χ1n) is 10.1. The Bertz CT molecular complexity index is 1250. The zero-order valence-electron chi connectivity index (χ0n) is 17.4. The van der Waals surface area contributed by atoms with Crippen LogP contribution in [0.1, 0.15) is 21.5 Å². The number of amides is 2. The Hall–Kier alpha value is -3.59. The van der Waals surface area contributed by atoms with Crippen LogP contribution >= 0.6 is 11.6 Å². The van der Waals surface area contributed by atoms with Crippen LogP contribution in [0.2, 0.25) is 5.02 Å². The van der Waals surface area contributed by atoms with Gasteiger partial charge in [0.1, 0.15) is 18.2 Å². The van der Waals surface area contributed by atoms with E-state index >= 15 is 0 Å². The van der Waals surface area contributed by atoms with Gasteiger partial charge in [0, 0.05) is 16.3 Å². The Morgan fingerprint density at radius 2 is 1.71 bits per heavy atom. The van der Waals surface area contributed by atoms with Crippen LogP contribution in [0.4, 0.5) is 28.9 Å². The number of hydrogen-bond acceptors (Lipinski definition) is 3. The molecule has 10 heteroatoms. The van der Waals surface area contributed by atoms with Gasteiger partial charge in [-0.15, -0.1) is 0 Å². The number of anilines is 2. The molecular weight excluding hydrogens is 476 g/mol. The number of alkyl halides is 3. The van der Waals surface area contributed by atoms with Gasteiger partial charge >= 0.3 is 6.18 Å². The van der Waals surface area contributed by atoms with Gasteiger partial charge in [0.15, 0.2) is 0 Å². The number of halogens is 5. The fourth-order valence-corrected chi connectivity index (χ4v) is 3.73. The molecule has 1 heterocycles. The normalized spacial score (nSPS) is 15.1. The van der Waals surface area contributed by atoms with Crippen molar-refractivity contribution in [1.29, 1.82) is 0 Å². The summed E-state index contributed by atoms with van der Waals surface area (Å²) < 4.78 is 59.7. The molecule has 0 saturated carbocycles. The maximum absolute atomic E-state index is 13.7. The third kappa shape index (κ3) is 5.31. The summed E-state index contributed by atoms with van der Waals surface area (Å²) in [4.78, 5) is 25.0. The predicted octanol–water partition coefficient (Wildman–Crippen LogP) is 5.94. The minimum absolute atomic E-state index is 0.00757. The van der Waals surface area contributed by atoms with Gasteiger partial charge < -0.3 is 15.4 Å². The molecule has 34 heavy (non-hydrogen) atoms. The maximum atomic E-state index is 13.7. The summed E-state index contributed by atoms with van der Waals surface area (Å²) in [6.45, 7) is 0.00757. The predicted molar refractivity (Wildman–Crippen MR) is 119 cm³/mol. The van der Waals surface area contributed by atoms with Crippen LogP contribution in [-0.4, -0.2) is 18.4 Å². The summed E-state index contributed by atoms with van der Waals surface area (Å²) in [5.74, 6) is -2.04. The topological polar surface area (TPSA) is 67.4 Å². The van der Waals surface area contributed by atoms with Gasteiger partial charge in [-0.2, -0.15) is 13.2 Å². The number of rotatable bonds is 4. The highest BCUT2D eigenvalue weighted by molar-refractivity contribution is 6.30. The molecule has 5 nitrogen and oxygen atoms in total. The van der Waals surface area contributed by atoms with E-state index in [0.717, 1.165) is 24.3 Å².